The van der Waals surface area contributed by atoms with Gasteiger partial charge in [0.25, 0.3) is 0 Å². The number of benzene rings is 1. The molecule has 4 nitrogen and oxygen atoms in total. The first-order chi connectivity index (χ1) is 9.19. The zero-order valence-electron chi connectivity index (χ0n) is 11.5. The van der Waals surface area contributed by atoms with Gasteiger partial charge in [-0.05, 0) is 49.4 Å². The first-order valence-electron chi connectivity index (χ1n) is 6.93. The fourth-order valence-electron chi connectivity index (χ4n) is 2.70. The van der Waals surface area contributed by atoms with E-state index in [2.05, 4.69) is 24.4 Å². The molecule has 2 aliphatic rings. The third kappa shape index (κ3) is 2.39. The Morgan fingerprint density at radius 3 is 2.89 bits per heavy atom. The van der Waals surface area contributed by atoms with Crippen LogP contribution in [0.5, 0.6) is 5.75 Å². The fourth-order valence-corrected chi connectivity index (χ4v) is 2.70. The van der Waals surface area contributed by atoms with Crippen molar-refractivity contribution in [2.75, 3.05) is 13.7 Å². The molecule has 3 rings (SSSR count). The second kappa shape index (κ2) is 4.76. The van der Waals surface area contributed by atoms with E-state index in [-0.39, 0.29) is 12.1 Å². The third-order valence-corrected chi connectivity index (χ3v) is 4.06. The Balaban J connectivity index is 1.78. The SMILES string of the molecule is COc1ccc2c(c1)CCN(C(=O)NC1CC1)C2C. The predicted octanol–water partition coefficient (Wildman–Crippen LogP) is 2.49. The molecule has 1 aliphatic carbocycles. The van der Waals surface area contributed by atoms with E-state index in [1.807, 2.05) is 11.0 Å². The fraction of sp³-hybridized carbons (Fsp3) is 0.533. The minimum Gasteiger partial charge on any atom is -0.497 e. The Morgan fingerprint density at radius 2 is 2.21 bits per heavy atom. The van der Waals surface area contributed by atoms with Crippen LogP contribution < -0.4 is 10.1 Å². The average Bonchev–Trinajstić information content (AvgIpc) is 3.22. The number of rotatable bonds is 2. The lowest BCUT2D eigenvalue weighted by Gasteiger charge is -2.35. The smallest absolute Gasteiger partial charge is 0.318 e. The molecule has 0 bridgehead atoms. The van der Waals surface area contributed by atoms with Crippen molar-refractivity contribution in [1.82, 2.24) is 10.2 Å². The van der Waals surface area contributed by atoms with E-state index in [9.17, 15) is 4.79 Å². The molecule has 1 aromatic rings. The first-order valence-corrected chi connectivity index (χ1v) is 6.93. The average molecular weight is 260 g/mol. The molecule has 1 aromatic carbocycles. The number of ether oxygens (including phenoxy) is 1. The van der Waals surface area contributed by atoms with Crippen molar-refractivity contribution in [1.29, 1.82) is 0 Å². The van der Waals surface area contributed by atoms with Crippen LogP contribution in [-0.2, 0) is 6.42 Å². The van der Waals surface area contributed by atoms with E-state index in [4.69, 9.17) is 4.74 Å². The maximum Gasteiger partial charge on any atom is 0.318 e. The number of nitrogens with zero attached hydrogens (tertiary/aromatic N) is 1. The predicted molar refractivity (Wildman–Crippen MR) is 73.4 cm³/mol. The molecular weight excluding hydrogens is 240 g/mol. The van der Waals surface area contributed by atoms with Gasteiger partial charge in [-0.25, -0.2) is 4.79 Å². The van der Waals surface area contributed by atoms with Crippen molar-refractivity contribution in [2.45, 2.75) is 38.3 Å². The summed E-state index contributed by atoms with van der Waals surface area (Å²) >= 11 is 0. The summed E-state index contributed by atoms with van der Waals surface area (Å²) in [7, 11) is 1.68. The monoisotopic (exact) mass is 260 g/mol. The van der Waals surface area contributed by atoms with Crippen molar-refractivity contribution < 1.29 is 9.53 Å². The van der Waals surface area contributed by atoms with Crippen molar-refractivity contribution in [3.8, 4) is 5.75 Å². The molecule has 0 spiro atoms. The van der Waals surface area contributed by atoms with Crippen molar-refractivity contribution in [2.24, 2.45) is 0 Å². The highest BCUT2D eigenvalue weighted by Gasteiger charge is 2.31. The maximum absolute atomic E-state index is 12.2. The molecule has 4 heteroatoms. The minimum atomic E-state index is 0.0801. The molecule has 19 heavy (non-hydrogen) atoms. The highest BCUT2D eigenvalue weighted by atomic mass is 16.5. The van der Waals surface area contributed by atoms with Gasteiger partial charge < -0.3 is 15.0 Å². The van der Waals surface area contributed by atoms with Crippen LogP contribution in [0.15, 0.2) is 18.2 Å². The number of hydrogen-bond donors (Lipinski definition) is 1. The van der Waals surface area contributed by atoms with Gasteiger partial charge in [0, 0.05) is 12.6 Å². The standard InChI is InChI=1S/C15H20N2O2/c1-10-14-6-5-13(19-2)9-11(14)7-8-17(10)15(18)16-12-3-4-12/h5-6,9-10,12H,3-4,7-8H2,1-2H3,(H,16,18). The van der Waals surface area contributed by atoms with Gasteiger partial charge in [0.05, 0.1) is 13.2 Å². The summed E-state index contributed by atoms with van der Waals surface area (Å²) in [5.74, 6) is 0.891. The summed E-state index contributed by atoms with van der Waals surface area (Å²) in [5.41, 5.74) is 2.53. The molecule has 0 radical (unpaired) electrons. The molecule has 2 amide bonds. The number of methoxy groups -OCH3 is 1. The van der Waals surface area contributed by atoms with Gasteiger partial charge in [-0.3, -0.25) is 0 Å². The molecule has 102 valence electrons. The van der Waals surface area contributed by atoms with Crippen molar-refractivity contribution in [3.63, 3.8) is 0 Å². The van der Waals surface area contributed by atoms with Crippen LogP contribution in [0.1, 0.15) is 36.9 Å². The van der Waals surface area contributed by atoms with E-state index in [0.717, 1.165) is 31.6 Å². The number of hydrogen-bond acceptors (Lipinski definition) is 2. The normalized spacial score (nSPS) is 21.8. The van der Waals surface area contributed by atoms with E-state index in [0.29, 0.717) is 6.04 Å². The third-order valence-electron chi connectivity index (χ3n) is 4.06. The maximum atomic E-state index is 12.2. The molecule has 0 aromatic heterocycles. The minimum absolute atomic E-state index is 0.0801. The summed E-state index contributed by atoms with van der Waals surface area (Å²) in [5, 5.41) is 3.07. The lowest BCUT2D eigenvalue weighted by atomic mass is 9.93. The van der Waals surface area contributed by atoms with Crippen LogP contribution >= 0.6 is 0 Å². The summed E-state index contributed by atoms with van der Waals surface area (Å²) in [6.45, 7) is 2.87. The van der Waals surface area contributed by atoms with Crippen LogP contribution in [0.3, 0.4) is 0 Å². The number of carbonyl (C=O) groups excluding carboxylic acids is 1. The van der Waals surface area contributed by atoms with Gasteiger partial charge in [-0.2, -0.15) is 0 Å². The zero-order valence-corrected chi connectivity index (χ0v) is 11.5. The van der Waals surface area contributed by atoms with E-state index < -0.39 is 0 Å². The van der Waals surface area contributed by atoms with Crippen LogP contribution in [0.2, 0.25) is 0 Å². The zero-order chi connectivity index (χ0) is 13.4. The second-order valence-corrected chi connectivity index (χ2v) is 5.41. The molecule has 1 saturated carbocycles. The Kier molecular flexibility index (Phi) is 3.09. The Labute approximate surface area is 113 Å². The van der Waals surface area contributed by atoms with Crippen LogP contribution in [-0.4, -0.2) is 30.6 Å². The van der Waals surface area contributed by atoms with Gasteiger partial charge >= 0.3 is 6.03 Å². The number of nitrogens with one attached hydrogen (secondary N) is 1. The molecule has 1 atom stereocenters. The molecular formula is C15H20N2O2. The topological polar surface area (TPSA) is 41.6 Å². The van der Waals surface area contributed by atoms with E-state index in [1.54, 1.807) is 7.11 Å². The Morgan fingerprint density at radius 1 is 1.42 bits per heavy atom. The summed E-state index contributed by atoms with van der Waals surface area (Å²) in [6.07, 6.45) is 3.15. The summed E-state index contributed by atoms with van der Waals surface area (Å²) in [6, 6.07) is 6.76. The number of carbonyl (C=O) groups is 1. The molecule has 1 heterocycles. The summed E-state index contributed by atoms with van der Waals surface area (Å²) < 4.78 is 5.26. The highest BCUT2D eigenvalue weighted by Crippen LogP contribution is 2.32. The Hall–Kier alpha value is -1.71. The van der Waals surface area contributed by atoms with Crippen molar-refractivity contribution >= 4 is 6.03 Å². The molecule has 1 fully saturated rings. The van der Waals surface area contributed by atoms with Crippen molar-refractivity contribution in [3.05, 3.63) is 29.3 Å². The lowest BCUT2D eigenvalue weighted by molar-refractivity contribution is 0.174. The molecule has 1 N–H and O–H groups in total. The first kappa shape index (κ1) is 12.3. The van der Waals surface area contributed by atoms with Crippen LogP contribution in [0.25, 0.3) is 0 Å². The number of fused-ring (bicyclic) bond motifs is 1. The van der Waals surface area contributed by atoms with Gasteiger partial charge in [0.1, 0.15) is 5.75 Å². The lowest BCUT2D eigenvalue weighted by Crippen LogP contribution is -2.45. The second-order valence-electron chi connectivity index (χ2n) is 5.41. The molecule has 1 unspecified atom stereocenters. The van der Waals surface area contributed by atoms with Gasteiger partial charge in [0.2, 0.25) is 0 Å². The van der Waals surface area contributed by atoms with Gasteiger partial charge in [-0.1, -0.05) is 6.07 Å². The largest absolute Gasteiger partial charge is 0.497 e. The molecule has 0 saturated heterocycles. The van der Waals surface area contributed by atoms with Crippen LogP contribution in [0.4, 0.5) is 4.79 Å². The number of urea groups is 1. The van der Waals surface area contributed by atoms with E-state index in [1.165, 1.54) is 11.1 Å². The Bertz CT molecular complexity index is 497. The van der Waals surface area contributed by atoms with Gasteiger partial charge in [0.15, 0.2) is 0 Å². The van der Waals surface area contributed by atoms with Crippen LogP contribution in [0, 0.1) is 0 Å². The highest BCUT2D eigenvalue weighted by molar-refractivity contribution is 5.76. The summed E-state index contributed by atoms with van der Waals surface area (Å²) in [4.78, 5) is 14.1. The van der Waals surface area contributed by atoms with Gasteiger partial charge in [-0.15, -0.1) is 0 Å². The quantitative estimate of drug-likeness (QED) is 0.887. The number of amides is 2. The van der Waals surface area contributed by atoms with E-state index >= 15 is 0 Å². The molecule has 1 aliphatic heterocycles.